The molecule has 15 heavy (non-hydrogen) atoms. The highest BCUT2D eigenvalue weighted by molar-refractivity contribution is 5.52. The fourth-order valence-electron chi connectivity index (χ4n) is 1.21. The SMILES string of the molecule is Cc1cc(N)nc(Nc2cccnc2)n1. The average molecular weight is 201 g/mol. The molecule has 0 bridgehead atoms. The molecule has 0 spiro atoms. The number of aromatic nitrogens is 3. The molecule has 2 aromatic heterocycles. The lowest BCUT2D eigenvalue weighted by atomic mass is 10.4. The maximum absolute atomic E-state index is 5.61. The Labute approximate surface area is 87.4 Å². The van der Waals surface area contributed by atoms with Gasteiger partial charge in [-0.25, -0.2) is 4.98 Å². The monoisotopic (exact) mass is 201 g/mol. The standard InChI is InChI=1S/C10H11N5/c1-7-5-9(11)15-10(13-7)14-8-3-2-4-12-6-8/h2-6H,1H3,(H3,11,13,14,15). The third-order valence-corrected chi connectivity index (χ3v) is 1.79. The minimum absolute atomic E-state index is 0.453. The van der Waals surface area contributed by atoms with Gasteiger partial charge in [-0.2, -0.15) is 4.98 Å². The lowest BCUT2D eigenvalue weighted by Gasteiger charge is -2.05. The third-order valence-electron chi connectivity index (χ3n) is 1.79. The molecule has 0 unspecified atom stereocenters. The van der Waals surface area contributed by atoms with Gasteiger partial charge < -0.3 is 11.1 Å². The molecule has 0 aliphatic rings. The van der Waals surface area contributed by atoms with Gasteiger partial charge in [-0.1, -0.05) is 0 Å². The molecule has 0 amide bonds. The Morgan fingerprint density at radius 2 is 2.20 bits per heavy atom. The Kier molecular flexibility index (Phi) is 2.45. The molecule has 0 saturated heterocycles. The summed E-state index contributed by atoms with van der Waals surface area (Å²) in [5.41, 5.74) is 7.27. The molecule has 0 atom stereocenters. The van der Waals surface area contributed by atoms with Crippen LogP contribution in [0.1, 0.15) is 5.69 Å². The first-order valence-electron chi connectivity index (χ1n) is 4.52. The summed E-state index contributed by atoms with van der Waals surface area (Å²) >= 11 is 0. The van der Waals surface area contributed by atoms with Crippen molar-refractivity contribution in [3.63, 3.8) is 0 Å². The van der Waals surface area contributed by atoms with Crippen molar-refractivity contribution in [1.29, 1.82) is 0 Å². The van der Waals surface area contributed by atoms with Crippen molar-refractivity contribution in [2.45, 2.75) is 6.92 Å². The number of hydrogen-bond acceptors (Lipinski definition) is 5. The van der Waals surface area contributed by atoms with Crippen LogP contribution < -0.4 is 11.1 Å². The van der Waals surface area contributed by atoms with Crippen LogP contribution in [0, 0.1) is 6.92 Å². The van der Waals surface area contributed by atoms with Crippen LogP contribution in [0.3, 0.4) is 0 Å². The molecular formula is C10H11N5. The first-order valence-corrected chi connectivity index (χ1v) is 4.52. The fraction of sp³-hybridized carbons (Fsp3) is 0.100. The number of nitrogens with one attached hydrogen (secondary N) is 1. The summed E-state index contributed by atoms with van der Waals surface area (Å²) in [5, 5.41) is 3.02. The maximum atomic E-state index is 5.61. The zero-order valence-electron chi connectivity index (χ0n) is 8.31. The van der Waals surface area contributed by atoms with E-state index in [4.69, 9.17) is 5.73 Å². The Morgan fingerprint density at radius 3 is 2.87 bits per heavy atom. The van der Waals surface area contributed by atoms with Crippen LogP contribution in [0.25, 0.3) is 0 Å². The number of nitrogens with zero attached hydrogens (tertiary/aromatic N) is 3. The molecule has 3 N–H and O–H groups in total. The predicted molar refractivity (Wildman–Crippen MR) is 58.7 cm³/mol. The number of nitrogens with two attached hydrogens (primary N) is 1. The van der Waals surface area contributed by atoms with Crippen molar-refractivity contribution in [3.8, 4) is 0 Å². The number of anilines is 3. The van der Waals surface area contributed by atoms with Gasteiger partial charge in [0.15, 0.2) is 0 Å². The Balaban J connectivity index is 2.25. The van der Waals surface area contributed by atoms with Gasteiger partial charge in [0.2, 0.25) is 5.95 Å². The normalized spacial score (nSPS) is 9.93. The summed E-state index contributed by atoms with van der Waals surface area (Å²) in [6, 6.07) is 5.44. The average Bonchev–Trinajstić information content (AvgIpc) is 2.17. The van der Waals surface area contributed by atoms with Crippen molar-refractivity contribution < 1.29 is 0 Å². The first-order chi connectivity index (χ1) is 7.24. The number of nitrogen functional groups attached to an aromatic ring is 1. The largest absolute Gasteiger partial charge is 0.384 e. The number of hydrogen-bond donors (Lipinski definition) is 2. The molecule has 2 heterocycles. The van der Waals surface area contributed by atoms with E-state index < -0.39 is 0 Å². The molecule has 0 saturated carbocycles. The van der Waals surface area contributed by atoms with Crippen LogP contribution in [-0.2, 0) is 0 Å². The van der Waals surface area contributed by atoms with E-state index in [9.17, 15) is 0 Å². The van der Waals surface area contributed by atoms with Crippen LogP contribution in [0.2, 0.25) is 0 Å². The minimum Gasteiger partial charge on any atom is -0.384 e. The van der Waals surface area contributed by atoms with Gasteiger partial charge in [-0.05, 0) is 19.1 Å². The second-order valence-electron chi connectivity index (χ2n) is 3.12. The summed E-state index contributed by atoms with van der Waals surface area (Å²) in [5.74, 6) is 0.939. The molecule has 0 aliphatic heterocycles. The van der Waals surface area contributed by atoms with E-state index in [0.717, 1.165) is 11.4 Å². The predicted octanol–water partition coefficient (Wildman–Crippen LogP) is 1.51. The van der Waals surface area contributed by atoms with Crippen molar-refractivity contribution in [2.75, 3.05) is 11.1 Å². The summed E-state index contributed by atoms with van der Waals surface area (Å²) < 4.78 is 0. The van der Waals surface area contributed by atoms with Crippen molar-refractivity contribution in [3.05, 3.63) is 36.3 Å². The van der Waals surface area contributed by atoms with E-state index in [1.54, 1.807) is 18.5 Å². The van der Waals surface area contributed by atoms with Crippen molar-refractivity contribution >= 4 is 17.5 Å². The highest BCUT2D eigenvalue weighted by Crippen LogP contribution is 2.12. The molecule has 5 heteroatoms. The lowest BCUT2D eigenvalue weighted by Crippen LogP contribution is -2.01. The molecule has 2 rings (SSSR count). The first kappa shape index (κ1) is 9.39. The zero-order valence-corrected chi connectivity index (χ0v) is 8.31. The van der Waals surface area contributed by atoms with Gasteiger partial charge in [-0.3, -0.25) is 4.98 Å². The van der Waals surface area contributed by atoms with E-state index in [0.29, 0.717) is 11.8 Å². The molecule has 0 aliphatic carbocycles. The highest BCUT2D eigenvalue weighted by Gasteiger charge is 1.99. The van der Waals surface area contributed by atoms with E-state index in [2.05, 4.69) is 20.3 Å². The van der Waals surface area contributed by atoms with E-state index >= 15 is 0 Å². The lowest BCUT2D eigenvalue weighted by molar-refractivity contribution is 1.11. The molecule has 76 valence electrons. The molecule has 2 aromatic rings. The van der Waals surface area contributed by atoms with Crippen molar-refractivity contribution in [2.24, 2.45) is 0 Å². The fourth-order valence-corrected chi connectivity index (χ4v) is 1.21. The second kappa shape index (κ2) is 3.91. The minimum atomic E-state index is 0.453. The summed E-state index contributed by atoms with van der Waals surface area (Å²) in [4.78, 5) is 12.2. The molecular weight excluding hydrogens is 190 g/mol. The summed E-state index contributed by atoms with van der Waals surface area (Å²) in [6.07, 6.45) is 3.40. The van der Waals surface area contributed by atoms with E-state index in [1.165, 1.54) is 0 Å². The second-order valence-corrected chi connectivity index (χ2v) is 3.12. The topological polar surface area (TPSA) is 76.7 Å². The van der Waals surface area contributed by atoms with Gasteiger partial charge in [0, 0.05) is 18.0 Å². The Morgan fingerprint density at radius 1 is 1.33 bits per heavy atom. The Hall–Kier alpha value is -2.17. The number of pyridine rings is 1. The third kappa shape index (κ3) is 2.40. The van der Waals surface area contributed by atoms with Crippen LogP contribution in [0.4, 0.5) is 17.5 Å². The van der Waals surface area contributed by atoms with Crippen LogP contribution >= 0.6 is 0 Å². The van der Waals surface area contributed by atoms with Gasteiger partial charge in [-0.15, -0.1) is 0 Å². The van der Waals surface area contributed by atoms with Crippen LogP contribution in [0.5, 0.6) is 0 Å². The quantitative estimate of drug-likeness (QED) is 0.770. The molecule has 0 aromatic carbocycles. The van der Waals surface area contributed by atoms with E-state index in [-0.39, 0.29) is 0 Å². The maximum Gasteiger partial charge on any atom is 0.229 e. The van der Waals surface area contributed by atoms with Crippen LogP contribution in [-0.4, -0.2) is 15.0 Å². The van der Waals surface area contributed by atoms with Gasteiger partial charge in [0.05, 0.1) is 11.9 Å². The summed E-state index contributed by atoms with van der Waals surface area (Å²) in [6.45, 7) is 1.87. The summed E-state index contributed by atoms with van der Waals surface area (Å²) in [7, 11) is 0. The molecule has 5 nitrogen and oxygen atoms in total. The highest BCUT2D eigenvalue weighted by atomic mass is 15.1. The molecule has 0 radical (unpaired) electrons. The van der Waals surface area contributed by atoms with Crippen molar-refractivity contribution in [1.82, 2.24) is 15.0 Å². The number of rotatable bonds is 2. The molecule has 0 fully saturated rings. The van der Waals surface area contributed by atoms with Gasteiger partial charge in [0.1, 0.15) is 5.82 Å². The van der Waals surface area contributed by atoms with E-state index in [1.807, 2.05) is 19.1 Å². The van der Waals surface area contributed by atoms with Crippen LogP contribution in [0.15, 0.2) is 30.6 Å². The van der Waals surface area contributed by atoms with Gasteiger partial charge >= 0.3 is 0 Å². The smallest absolute Gasteiger partial charge is 0.229 e. The van der Waals surface area contributed by atoms with Gasteiger partial charge in [0.25, 0.3) is 0 Å². The number of aryl methyl sites for hydroxylation is 1. The Bertz CT molecular complexity index is 434. The zero-order chi connectivity index (χ0) is 10.7.